The molecule has 0 bridgehead atoms. The molecule has 0 fully saturated rings. The number of hydrogen-bond donors (Lipinski definition) is 1. The fourth-order valence-corrected chi connectivity index (χ4v) is 1.49. The Morgan fingerprint density at radius 1 is 1.58 bits per heavy atom. The highest BCUT2D eigenvalue weighted by Gasteiger charge is 2.07. The Kier molecular flexibility index (Phi) is 2.39. The Labute approximate surface area is 70.7 Å². The molecule has 0 aliphatic rings. The van der Waals surface area contributed by atoms with Crippen LogP contribution in [0.2, 0.25) is 0 Å². The third kappa shape index (κ3) is 2.55. The summed E-state index contributed by atoms with van der Waals surface area (Å²) in [7, 11) is -3.48. The molecule has 5 nitrogen and oxygen atoms in total. The van der Waals surface area contributed by atoms with E-state index in [4.69, 9.17) is 5.14 Å². The van der Waals surface area contributed by atoms with Crippen molar-refractivity contribution in [1.29, 1.82) is 0 Å². The highest BCUT2D eigenvalue weighted by molar-refractivity contribution is 7.88. The number of rotatable bonds is 2. The van der Waals surface area contributed by atoms with E-state index >= 15 is 0 Å². The lowest BCUT2D eigenvalue weighted by Gasteiger charge is -2.00. The van der Waals surface area contributed by atoms with E-state index in [-0.39, 0.29) is 5.75 Å². The minimum absolute atomic E-state index is 0.209. The van der Waals surface area contributed by atoms with E-state index in [2.05, 4.69) is 9.97 Å². The van der Waals surface area contributed by atoms with Gasteiger partial charge in [0.15, 0.2) is 0 Å². The molecule has 6 heteroatoms. The molecule has 12 heavy (non-hydrogen) atoms. The highest BCUT2D eigenvalue weighted by atomic mass is 32.2. The Morgan fingerprint density at radius 3 is 2.75 bits per heavy atom. The van der Waals surface area contributed by atoms with Gasteiger partial charge in [0, 0.05) is 17.5 Å². The molecule has 1 rings (SSSR count). The molecular weight excluding hydrogens is 178 g/mol. The van der Waals surface area contributed by atoms with E-state index in [1.54, 1.807) is 6.92 Å². The Bertz CT molecular complexity index is 374. The normalized spacial score (nSPS) is 11.5. The molecule has 0 aromatic carbocycles. The standard InChI is InChI=1S/C6H9N3O2S/c1-5-6(2-8-4-9-5)3-12(7,10)11/h2,4H,3H2,1H3,(H2,7,10,11). The first-order valence-corrected chi connectivity index (χ1v) is 4.96. The molecule has 2 N–H and O–H groups in total. The van der Waals surface area contributed by atoms with Gasteiger partial charge in [-0.1, -0.05) is 0 Å². The molecule has 0 saturated carbocycles. The van der Waals surface area contributed by atoms with E-state index < -0.39 is 10.0 Å². The molecule has 66 valence electrons. The number of aryl methyl sites for hydroxylation is 1. The van der Waals surface area contributed by atoms with Gasteiger partial charge < -0.3 is 0 Å². The van der Waals surface area contributed by atoms with Gasteiger partial charge in [-0.25, -0.2) is 23.5 Å². The molecular formula is C6H9N3O2S. The van der Waals surface area contributed by atoms with E-state index in [9.17, 15) is 8.42 Å². The summed E-state index contributed by atoms with van der Waals surface area (Å²) in [6.45, 7) is 1.71. The molecule has 1 heterocycles. The first-order valence-electron chi connectivity index (χ1n) is 3.25. The molecule has 0 aliphatic heterocycles. The molecule has 1 aromatic heterocycles. The zero-order chi connectivity index (χ0) is 9.19. The summed E-state index contributed by atoms with van der Waals surface area (Å²) in [6.07, 6.45) is 2.81. The van der Waals surface area contributed by atoms with Gasteiger partial charge in [-0.15, -0.1) is 0 Å². The van der Waals surface area contributed by atoms with E-state index in [0.29, 0.717) is 11.3 Å². The maximum Gasteiger partial charge on any atom is 0.213 e. The van der Waals surface area contributed by atoms with E-state index in [1.165, 1.54) is 12.5 Å². The number of hydrogen-bond acceptors (Lipinski definition) is 4. The van der Waals surface area contributed by atoms with Crippen molar-refractivity contribution in [1.82, 2.24) is 9.97 Å². The number of nitrogens with two attached hydrogens (primary N) is 1. The van der Waals surface area contributed by atoms with Crippen LogP contribution in [-0.4, -0.2) is 18.4 Å². The quantitative estimate of drug-likeness (QED) is 0.681. The van der Waals surface area contributed by atoms with Crippen LogP contribution in [0.1, 0.15) is 11.3 Å². The van der Waals surface area contributed by atoms with Gasteiger partial charge in [0.25, 0.3) is 0 Å². The van der Waals surface area contributed by atoms with Crippen molar-refractivity contribution in [3.8, 4) is 0 Å². The van der Waals surface area contributed by atoms with Crippen molar-refractivity contribution in [2.24, 2.45) is 5.14 Å². The molecule has 0 aliphatic carbocycles. The van der Waals surface area contributed by atoms with Crippen LogP contribution in [0.3, 0.4) is 0 Å². The fraction of sp³-hybridized carbons (Fsp3) is 0.333. The number of primary sulfonamides is 1. The van der Waals surface area contributed by atoms with Gasteiger partial charge >= 0.3 is 0 Å². The van der Waals surface area contributed by atoms with Crippen molar-refractivity contribution >= 4 is 10.0 Å². The molecule has 0 radical (unpaired) electrons. The van der Waals surface area contributed by atoms with Crippen molar-refractivity contribution in [2.45, 2.75) is 12.7 Å². The zero-order valence-corrected chi connectivity index (χ0v) is 7.37. The summed E-state index contributed by atoms with van der Waals surface area (Å²) in [5.74, 6) is -0.209. The SMILES string of the molecule is Cc1ncncc1CS(N)(=O)=O. The fourth-order valence-electron chi connectivity index (χ4n) is 0.778. The Balaban J connectivity index is 2.98. The predicted octanol–water partition coefficient (Wildman–Crippen LogP) is -0.426. The van der Waals surface area contributed by atoms with Crippen LogP contribution < -0.4 is 5.14 Å². The summed E-state index contributed by atoms with van der Waals surface area (Å²) in [6, 6.07) is 0. The Hall–Kier alpha value is -1.01. The summed E-state index contributed by atoms with van der Waals surface area (Å²) in [4.78, 5) is 7.53. The van der Waals surface area contributed by atoms with Gasteiger partial charge in [0.1, 0.15) is 6.33 Å². The lowest BCUT2D eigenvalue weighted by atomic mass is 10.3. The van der Waals surface area contributed by atoms with Gasteiger partial charge in [-0.2, -0.15) is 0 Å². The third-order valence-corrected chi connectivity index (χ3v) is 2.08. The van der Waals surface area contributed by atoms with Crippen LogP contribution in [0.25, 0.3) is 0 Å². The number of aromatic nitrogens is 2. The summed E-state index contributed by atoms with van der Waals surface area (Å²) < 4.78 is 21.4. The minimum atomic E-state index is -3.48. The van der Waals surface area contributed by atoms with Crippen molar-refractivity contribution in [2.75, 3.05) is 0 Å². The van der Waals surface area contributed by atoms with Crippen LogP contribution >= 0.6 is 0 Å². The van der Waals surface area contributed by atoms with E-state index in [1.807, 2.05) is 0 Å². The second-order valence-corrected chi connectivity index (χ2v) is 4.05. The molecule has 0 atom stereocenters. The van der Waals surface area contributed by atoms with Gasteiger partial charge in [-0.3, -0.25) is 0 Å². The van der Waals surface area contributed by atoms with Gasteiger partial charge in [0.05, 0.1) is 5.75 Å². The minimum Gasteiger partial charge on any atom is -0.244 e. The maximum atomic E-state index is 10.7. The van der Waals surface area contributed by atoms with Crippen LogP contribution in [0, 0.1) is 6.92 Å². The van der Waals surface area contributed by atoms with E-state index in [0.717, 1.165) is 0 Å². The molecule has 0 amide bonds. The first kappa shape index (κ1) is 9.08. The molecule has 1 aromatic rings. The molecule has 0 saturated heterocycles. The van der Waals surface area contributed by atoms with Crippen LogP contribution in [0.4, 0.5) is 0 Å². The second kappa shape index (κ2) is 3.16. The van der Waals surface area contributed by atoms with Gasteiger partial charge in [-0.05, 0) is 6.92 Å². The maximum absolute atomic E-state index is 10.7. The molecule has 0 unspecified atom stereocenters. The van der Waals surface area contributed by atoms with Crippen LogP contribution in [0.15, 0.2) is 12.5 Å². The largest absolute Gasteiger partial charge is 0.244 e. The first-order chi connectivity index (χ1) is 5.49. The van der Waals surface area contributed by atoms with Crippen molar-refractivity contribution in [3.05, 3.63) is 23.8 Å². The van der Waals surface area contributed by atoms with Crippen LogP contribution in [0.5, 0.6) is 0 Å². The highest BCUT2D eigenvalue weighted by Crippen LogP contribution is 2.04. The van der Waals surface area contributed by atoms with Crippen LogP contribution in [-0.2, 0) is 15.8 Å². The lowest BCUT2D eigenvalue weighted by molar-refractivity contribution is 0.596. The monoisotopic (exact) mass is 187 g/mol. The predicted molar refractivity (Wildman–Crippen MR) is 43.6 cm³/mol. The van der Waals surface area contributed by atoms with Gasteiger partial charge in [0.2, 0.25) is 10.0 Å². The topological polar surface area (TPSA) is 85.9 Å². The summed E-state index contributed by atoms with van der Waals surface area (Å²) in [5, 5.41) is 4.85. The number of nitrogens with zero attached hydrogens (tertiary/aromatic N) is 2. The third-order valence-electron chi connectivity index (χ3n) is 1.37. The average molecular weight is 187 g/mol. The number of sulfonamides is 1. The van der Waals surface area contributed by atoms with Crippen molar-refractivity contribution in [3.63, 3.8) is 0 Å². The summed E-state index contributed by atoms with van der Waals surface area (Å²) >= 11 is 0. The summed E-state index contributed by atoms with van der Waals surface area (Å²) in [5.41, 5.74) is 1.18. The average Bonchev–Trinajstić information content (AvgIpc) is 1.91. The second-order valence-electron chi connectivity index (χ2n) is 2.44. The zero-order valence-electron chi connectivity index (χ0n) is 6.56. The smallest absolute Gasteiger partial charge is 0.213 e. The Morgan fingerprint density at radius 2 is 2.25 bits per heavy atom. The van der Waals surface area contributed by atoms with Crippen molar-refractivity contribution < 1.29 is 8.42 Å². The molecule has 0 spiro atoms. The lowest BCUT2D eigenvalue weighted by Crippen LogP contribution is -2.15.